The predicted molar refractivity (Wildman–Crippen MR) is 112 cm³/mol. The summed E-state index contributed by atoms with van der Waals surface area (Å²) in [5.74, 6) is 3.14. The van der Waals surface area contributed by atoms with Crippen LogP contribution in [0.3, 0.4) is 0 Å². The molecule has 1 aromatic carbocycles. The number of hydrogen-bond donors (Lipinski definition) is 1. The Kier molecular flexibility index (Phi) is 8.29. The van der Waals surface area contributed by atoms with Gasteiger partial charge in [-0.05, 0) is 31.4 Å². The van der Waals surface area contributed by atoms with Crippen LogP contribution in [0.1, 0.15) is 31.2 Å². The van der Waals surface area contributed by atoms with E-state index in [-0.39, 0.29) is 24.0 Å². The van der Waals surface area contributed by atoms with Gasteiger partial charge in [-0.3, -0.25) is 4.99 Å². The second kappa shape index (κ2) is 10.2. The van der Waals surface area contributed by atoms with E-state index in [1.165, 1.54) is 12.0 Å². The molecule has 1 N–H and O–H groups in total. The van der Waals surface area contributed by atoms with Gasteiger partial charge in [0.2, 0.25) is 0 Å². The minimum Gasteiger partial charge on any atom is -0.493 e. The number of para-hydroxylation sites is 1. The molecule has 0 spiro atoms. The van der Waals surface area contributed by atoms with Gasteiger partial charge >= 0.3 is 0 Å². The van der Waals surface area contributed by atoms with Crippen LogP contribution in [0.5, 0.6) is 5.75 Å². The standard InChI is InChI=1S/C19H29N3O2.HI/c1-3-23-14-15-8-10-22(13-15)19(20-2)21-12-16-9-11-24-18-7-5-4-6-17(16)18;/h4-7,15-16H,3,8-14H2,1-2H3,(H,20,21);1H. The smallest absolute Gasteiger partial charge is 0.193 e. The Bertz CT molecular complexity index is 567. The number of benzene rings is 1. The number of fused-ring (bicyclic) bond motifs is 1. The van der Waals surface area contributed by atoms with E-state index in [4.69, 9.17) is 9.47 Å². The highest BCUT2D eigenvalue weighted by Gasteiger charge is 2.26. The summed E-state index contributed by atoms with van der Waals surface area (Å²) in [5, 5.41) is 3.58. The third-order valence-corrected chi connectivity index (χ3v) is 4.94. The number of guanidine groups is 1. The maximum atomic E-state index is 5.76. The number of hydrogen-bond acceptors (Lipinski definition) is 3. The van der Waals surface area contributed by atoms with Gasteiger partial charge in [0.15, 0.2) is 5.96 Å². The quantitative estimate of drug-likeness (QED) is 0.418. The molecule has 0 bridgehead atoms. The van der Waals surface area contributed by atoms with Crippen LogP contribution in [0.15, 0.2) is 29.3 Å². The van der Waals surface area contributed by atoms with Crippen molar-refractivity contribution < 1.29 is 9.47 Å². The monoisotopic (exact) mass is 459 g/mol. The van der Waals surface area contributed by atoms with Crippen molar-refractivity contribution >= 4 is 29.9 Å². The molecule has 1 fully saturated rings. The molecule has 2 unspecified atom stereocenters. The Hall–Kier alpha value is -1.02. The zero-order valence-electron chi connectivity index (χ0n) is 15.2. The third-order valence-electron chi connectivity index (χ3n) is 4.94. The normalized spacial score (nSPS) is 22.8. The van der Waals surface area contributed by atoms with E-state index in [0.717, 1.165) is 57.6 Å². The van der Waals surface area contributed by atoms with E-state index in [2.05, 4.69) is 40.3 Å². The lowest BCUT2D eigenvalue weighted by atomic mass is 9.93. The molecule has 2 heterocycles. The fourth-order valence-corrected chi connectivity index (χ4v) is 3.62. The largest absolute Gasteiger partial charge is 0.493 e. The minimum atomic E-state index is 0. The molecule has 0 aromatic heterocycles. The highest BCUT2D eigenvalue weighted by molar-refractivity contribution is 14.0. The molecule has 2 atom stereocenters. The van der Waals surface area contributed by atoms with Gasteiger partial charge in [-0.2, -0.15) is 0 Å². The molecule has 0 saturated carbocycles. The van der Waals surface area contributed by atoms with Gasteiger partial charge in [0.05, 0.1) is 13.2 Å². The van der Waals surface area contributed by atoms with Crippen LogP contribution >= 0.6 is 24.0 Å². The molecule has 0 radical (unpaired) electrons. The molecular formula is C19H30IN3O2. The van der Waals surface area contributed by atoms with Crippen LogP contribution in [0, 0.1) is 5.92 Å². The van der Waals surface area contributed by atoms with Crippen molar-refractivity contribution in [3.63, 3.8) is 0 Å². The second-order valence-corrected chi connectivity index (χ2v) is 6.56. The summed E-state index contributed by atoms with van der Waals surface area (Å²) in [6.07, 6.45) is 2.23. The maximum Gasteiger partial charge on any atom is 0.193 e. The van der Waals surface area contributed by atoms with Crippen molar-refractivity contribution in [2.45, 2.75) is 25.7 Å². The Morgan fingerprint density at radius 3 is 3.00 bits per heavy atom. The van der Waals surface area contributed by atoms with Crippen molar-refractivity contribution in [3.8, 4) is 5.75 Å². The molecule has 0 aliphatic carbocycles. The van der Waals surface area contributed by atoms with Crippen molar-refractivity contribution in [1.29, 1.82) is 0 Å². The minimum absolute atomic E-state index is 0. The molecule has 25 heavy (non-hydrogen) atoms. The number of halogens is 1. The Balaban J connectivity index is 0.00000225. The number of ether oxygens (including phenoxy) is 2. The second-order valence-electron chi connectivity index (χ2n) is 6.56. The summed E-state index contributed by atoms with van der Waals surface area (Å²) in [7, 11) is 1.87. The summed E-state index contributed by atoms with van der Waals surface area (Å²) < 4.78 is 11.3. The number of rotatable bonds is 5. The van der Waals surface area contributed by atoms with E-state index in [1.54, 1.807) is 0 Å². The van der Waals surface area contributed by atoms with Gasteiger partial charge in [-0.1, -0.05) is 18.2 Å². The fraction of sp³-hybridized carbons (Fsp3) is 0.632. The van der Waals surface area contributed by atoms with Crippen LogP contribution in [0.4, 0.5) is 0 Å². The molecular weight excluding hydrogens is 429 g/mol. The summed E-state index contributed by atoms with van der Waals surface area (Å²) >= 11 is 0. The predicted octanol–water partition coefficient (Wildman–Crippen LogP) is 3.10. The Labute approximate surface area is 168 Å². The lowest BCUT2D eigenvalue weighted by molar-refractivity contribution is 0.114. The van der Waals surface area contributed by atoms with Crippen LogP contribution < -0.4 is 10.1 Å². The molecule has 1 aromatic rings. The molecule has 6 heteroatoms. The van der Waals surface area contributed by atoms with Crippen molar-refractivity contribution in [3.05, 3.63) is 29.8 Å². The molecule has 2 aliphatic rings. The average molecular weight is 459 g/mol. The first-order valence-electron chi connectivity index (χ1n) is 9.06. The maximum absolute atomic E-state index is 5.76. The summed E-state index contributed by atoms with van der Waals surface area (Å²) in [6, 6.07) is 8.37. The molecule has 5 nitrogen and oxygen atoms in total. The zero-order chi connectivity index (χ0) is 16.8. The molecule has 2 aliphatic heterocycles. The van der Waals surface area contributed by atoms with E-state index in [0.29, 0.717) is 11.8 Å². The van der Waals surface area contributed by atoms with Crippen molar-refractivity contribution in [2.75, 3.05) is 46.5 Å². The van der Waals surface area contributed by atoms with Crippen LogP contribution in [0.25, 0.3) is 0 Å². The van der Waals surface area contributed by atoms with Gasteiger partial charge in [0.25, 0.3) is 0 Å². The van der Waals surface area contributed by atoms with Gasteiger partial charge in [-0.15, -0.1) is 24.0 Å². The highest BCUT2D eigenvalue weighted by Crippen LogP contribution is 2.32. The first-order chi connectivity index (χ1) is 11.8. The Morgan fingerprint density at radius 1 is 1.36 bits per heavy atom. The SMILES string of the molecule is CCOCC1CCN(C(=NC)NCC2CCOc3ccccc32)C1.I. The molecule has 1 saturated heterocycles. The third kappa shape index (κ3) is 5.23. The molecule has 3 rings (SSSR count). The average Bonchev–Trinajstić information content (AvgIpc) is 3.09. The molecule has 140 valence electrons. The fourth-order valence-electron chi connectivity index (χ4n) is 3.62. The van der Waals surface area contributed by atoms with Gasteiger partial charge < -0.3 is 19.7 Å². The zero-order valence-corrected chi connectivity index (χ0v) is 17.6. The first kappa shape index (κ1) is 20.3. The topological polar surface area (TPSA) is 46.1 Å². The summed E-state index contributed by atoms with van der Waals surface area (Å²) in [4.78, 5) is 6.84. The highest BCUT2D eigenvalue weighted by atomic mass is 127. The van der Waals surface area contributed by atoms with E-state index < -0.39 is 0 Å². The van der Waals surface area contributed by atoms with Crippen molar-refractivity contribution in [2.24, 2.45) is 10.9 Å². The Morgan fingerprint density at radius 2 is 2.20 bits per heavy atom. The van der Waals surface area contributed by atoms with Gasteiger partial charge in [0, 0.05) is 45.1 Å². The van der Waals surface area contributed by atoms with Crippen LogP contribution in [-0.2, 0) is 4.74 Å². The first-order valence-corrected chi connectivity index (χ1v) is 9.06. The van der Waals surface area contributed by atoms with Gasteiger partial charge in [-0.25, -0.2) is 0 Å². The molecule has 0 amide bonds. The number of nitrogens with one attached hydrogen (secondary N) is 1. The van der Waals surface area contributed by atoms with Crippen molar-refractivity contribution in [1.82, 2.24) is 10.2 Å². The van der Waals surface area contributed by atoms with Crippen LogP contribution in [0.2, 0.25) is 0 Å². The van der Waals surface area contributed by atoms with E-state index in [1.807, 2.05) is 13.1 Å². The number of nitrogens with zero attached hydrogens (tertiary/aromatic N) is 2. The van der Waals surface area contributed by atoms with Crippen LogP contribution in [-0.4, -0.2) is 57.4 Å². The van der Waals surface area contributed by atoms with Gasteiger partial charge in [0.1, 0.15) is 5.75 Å². The number of likely N-dealkylation sites (tertiary alicyclic amines) is 1. The number of aliphatic imine (C=N–C) groups is 1. The lowest BCUT2D eigenvalue weighted by Crippen LogP contribution is -2.42. The van der Waals surface area contributed by atoms with E-state index >= 15 is 0 Å². The summed E-state index contributed by atoms with van der Waals surface area (Å²) in [5.41, 5.74) is 1.31. The summed E-state index contributed by atoms with van der Waals surface area (Å²) in [6.45, 7) is 7.50. The lowest BCUT2D eigenvalue weighted by Gasteiger charge is -2.28. The van der Waals surface area contributed by atoms with E-state index in [9.17, 15) is 0 Å².